The molecule has 0 unspecified atom stereocenters. The molecule has 3 nitrogen and oxygen atoms in total. The Balaban J connectivity index is 1.53. The van der Waals surface area contributed by atoms with Gasteiger partial charge in [0, 0.05) is 30.9 Å². The summed E-state index contributed by atoms with van der Waals surface area (Å²) in [7, 11) is 0. The van der Waals surface area contributed by atoms with E-state index in [2.05, 4.69) is 16.3 Å². The van der Waals surface area contributed by atoms with E-state index in [9.17, 15) is 4.79 Å². The van der Waals surface area contributed by atoms with Gasteiger partial charge in [-0.05, 0) is 61.6 Å². The molecule has 0 aromatic heterocycles. The van der Waals surface area contributed by atoms with Gasteiger partial charge >= 0.3 is 0 Å². The lowest BCUT2D eigenvalue weighted by atomic mass is 9.63. The van der Waals surface area contributed by atoms with Crippen LogP contribution in [0.25, 0.3) is 0 Å². The van der Waals surface area contributed by atoms with Crippen molar-refractivity contribution in [1.29, 1.82) is 0 Å². The highest BCUT2D eigenvalue weighted by Gasteiger charge is 2.40. The fourth-order valence-corrected chi connectivity index (χ4v) is 4.24. The average molecular weight is 284 g/mol. The summed E-state index contributed by atoms with van der Waals surface area (Å²) in [6.45, 7) is 2.93. The molecule has 1 spiro atoms. The summed E-state index contributed by atoms with van der Waals surface area (Å²) < 4.78 is 0. The van der Waals surface area contributed by atoms with Crippen LogP contribution in [-0.4, -0.2) is 30.4 Å². The molecular formula is C18H24N2O. The van der Waals surface area contributed by atoms with E-state index < -0.39 is 0 Å². The van der Waals surface area contributed by atoms with Gasteiger partial charge in [-0.2, -0.15) is 0 Å². The number of nitrogens with one attached hydrogen (secondary N) is 1. The molecule has 1 N–H and O–H groups in total. The van der Waals surface area contributed by atoms with E-state index in [0.717, 1.165) is 38.0 Å². The zero-order chi connectivity index (χ0) is 14.3. The van der Waals surface area contributed by atoms with E-state index in [1.165, 1.54) is 43.4 Å². The second-order valence-corrected chi connectivity index (χ2v) is 7.01. The van der Waals surface area contributed by atoms with Gasteiger partial charge in [-0.3, -0.25) is 4.79 Å². The Morgan fingerprint density at radius 1 is 1.10 bits per heavy atom. The van der Waals surface area contributed by atoms with Crippen molar-refractivity contribution in [1.82, 2.24) is 4.90 Å². The van der Waals surface area contributed by atoms with Crippen molar-refractivity contribution in [3.8, 4) is 0 Å². The van der Waals surface area contributed by atoms with E-state index in [-0.39, 0.29) is 5.91 Å². The lowest BCUT2D eigenvalue weighted by Gasteiger charge is -2.48. The van der Waals surface area contributed by atoms with Crippen LogP contribution in [0.2, 0.25) is 0 Å². The summed E-state index contributed by atoms with van der Waals surface area (Å²) >= 11 is 0. The second-order valence-electron chi connectivity index (χ2n) is 7.01. The van der Waals surface area contributed by atoms with Gasteiger partial charge in [0.25, 0.3) is 5.91 Å². The van der Waals surface area contributed by atoms with Gasteiger partial charge in [0.15, 0.2) is 0 Å². The average Bonchev–Trinajstić information content (AvgIpc) is 2.52. The predicted octanol–water partition coefficient (Wildman–Crippen LogP) is 3.45. The minimum Gasteiger partial charge on any atom is -0.385 e. The summed E-state index contributed by atoms with van der Waals surface area (Å²) in [6, 6.07) is 6.13. The van der Waals surface area contributed by atoms with Gasteiger partial charge < -0.3 is 10.2 Å². The monoisotopic (exact) mass is 284 g/mol. The van der Waals surface area contributed by atoms with Gasteiger partial charge in [0.05, 0.1) is 0 Å². The van der Waals surface area contributed by atoms with Crippen LogP contribution < -0.4 is 5.32 Å². The number of amides is 1. The molecule has 1 saturated heterocycles. The standard InChI is InChI=1S/C18H24N2O/c21-17(20-12-9-18(10-13-20)7-3-8-18)15-4-1-6-16-14(15)5-2-11-19-16/h1,4,6,19H,2-3,5,7-13H2. The van der Waals surface area contributed by atoms with Gasteiger partial charge in [-0.1, -0.05) is 12.5 Å². The van der Waals surface area contributed by atoms with Crippen molar-refractivity contribution < 1.29 is 4.79 Å². The number of benzene rings is 1. The van der Waals surface area contributed by atoms with Crippen LogP contribution in [0.4, 0.5) is 5.69 Å². The molecule has 0 bridgehead atoms. The normalized spacial score (nSPS) is 23.1. The highest BCUT2D eigenvalue weighted by Crippen LogP contribution is 2.49. The Labute approximate surface area is 126 Å². The first kappa shape index (κ1) is 13.2. The zero-order valence-electron chi connectivity index (χ0n) is 12.7. The quantitative estimate of drug-likeness (QED) is 0.856. The topological polar surface area (TPSA) is 32.3 Å². The third-order valence-electron chi connectivity index (χ3n) is 5.85. The first-order valence-electron chi connectivity index (χ1n) is 8.43. The Morgan fingerprint density at radius 3 is 2.62 bits per heavy atom. The lowest BCUT2D eigenvalue weighted by molar-refractivity contribution is 0.0286. The Kier molecular flexibility index (Phi) is 3.16. The van der Waals surface area contributed by atoms with Gasteiger partial charge in [-0.15, -0.1) is 0 Å². The van der Waals surface area contributed by atoms with Crippen molar-refractivity contribution in [3.05, 3.63) is 29.3 Å². The van der Waals surface area contributed by atoms with E-state index in [0.29, 0.717) is 5.41 Å². The van der Waals surface area contributed by atoms with Crippen molar-refractivity contribution in [2.45, 2.75) is 44.9 Å². The first-order chi connectivity index (χ1) is 10.3. The molecule has 3 heteroatoms. The molecule has 2 heterocycles. The molecule has 1 aromatic carbocycles. The maximum Gasteiger partial charge on any atom is 0.254 e. The largest absolute Gasteiger partial charge is 0.385 e. The van der Waals surface area contributed by atoms with E-state index in [1.807, 2.05) is 12.1 Å². The van der Waals surface area contributed by atoms with Crippen LogP contribution in [0.3, 0.4) is 0 Å². The third-order valence-corrected chi connectivity index (χ3v) is 5.85. The molecule has 1 aliphatic carbocycles. The molecule has 2 fully saturated rings. The fourth-order valence-electron chi connectivity index (χ4n) is 4.24. The number of hydrogen-bond acceptors (Lipinski definition) is 2. The Morgan fingerprint density at radius 2 is 1.90 bits per heavy atom. The number of carbonyl (C=O) groups is 1. The van der Waals surface area contributed by atoms with Gasteiger partial charge in [-0.25, -0.2) is 0 Å². The predicted molar refractivity (Wildman–Crippen MR) is 84.7 cm³/mol. The molecule has 1 amide bonds. The number of rotatable bonds is 1. The molecule has 0 radical (unpaired) electrons. The highest BCUT2D eigenvalue weighted by atomic mass is 16.2. The maximum absolute atomic E-state index is 12.9. The molecule has 2 aliphatic heterocycles. The van der Waals surface area contributed by atoms with E-state index >= 15 is 0 Å². The van der Waals surface area contributed by atoms with Crippen LogP contribution in [0.5, 0.6) is 0 Å². The minimum absolute atomic E-state index is 0.254. The summed E-state index contributed by atoms with van der Waals surface area (Å²) in [4.78, 5) is 15.0. The molecule has 3 aliphatic rings. The summed E-state index contributed by atoms with van der Waals surface area (Å²) in [5.74, 6) is 0.254. The van der Waals surface area contributed by atoms with Crippen molar-refractivity contribution >= 4 is 11.6 Å². The lowest BCUT2D eigenvalue weighted by Crippen LogP contribution is -2.46. The SMILES string of the molecule is O=C(c1cccc2c1CCCN2)N1CCC2(CCC2)CC1. The molecular weight excluding hydrogens is 260 g/mol. The summed E-state index contributed by atoms with van der Waals surface area (Å²) in [5, 5.41) is 3.42. The molecule has 0 atom stereocenters. The van der Waals surface area contributed by atoms with E-state index in [1.54, 1.807) is 0 Å². The van der Waals surface area contributed by atoms with Crippen LogP contribution in [0, 0.1) is 5.41 Å². The number of carbonyl (C=O) groups excluding carboxylic acids is 1. The number of likely N-dealkylation sites (tertiary alicyclic amines) is 1. The third kappa shape index (κ3) is 2.23. The number of anilines is 1. The van der Waals surface area contributed by atoms with Gasteiger partial charge in [0.2, 0.25) is 0 Å². The minimum atomic E-state index is 0.254. The summed E-state index contributed by atoms with van der Waals surface area (Å²) in [5.41, 5.74) is 3.94. The van der Waals surface area contributed by atoms with Crippen LogP contribution in [0.1, 0.15) is 54.4 Å². The molecule has 112 valence electrons. The summed E-state index contributed by atoms with van der Waals surface area (Å²) in [6.07, 6.45) is 8.76. The smallest absolute Gasteiger partial charge is 0.254 e. The fraction of sp³-hybridized carbons (Fsp3) is 0.611. The van der Waals surface area contributed by atoms with Crippen molar-refractivity contribution in [2.75, 3.05) is 25.0 Å². The highest BCUT2D eigenvalue weighted by molar-refractivity contribution is 5.97. The zero-order valence-corrected chi connectivity index (χ0v) is 12.7. The van der Waals surface area contributed by atoms with Crippen molar-refractivity contribution in [3.63, 3.8) is 0 Å². The van der Waals surface area contributed by atoms with Crippen LogP contribution >= 0.6 is 0 Å². The molecule has 4 rings (SSSR count). The molecule has 1 aromatic rings. The van der Waals surface area contributed by atoms with Crippen molar-refractivity contribution in [2.24, 2.45) is 5.41 Å². The van der Waals surface area contributed by atoms with Crippen LogP contribution in [-0.2, 0) is 6.42 Å². The number of fused-ring (bicyclic) bond motifs is 1. The number of nitrogens with zero attached hydrogens (tertiary/aromatic N) is 1. The molecule has 21 heavy (non-hydrogen) atoms. The van der Waals surface area contributed by atoms with E-state index in [4.69, 9.17) is 0 Å². The number of hydrogen-bond donors (Lipinski definition) is 1. The Bertz CT molecular complexity index is 552. The molecule has 1 saturated carbocycles. The van der Waals surface area contributed by atoms with Crippen LogP contribution in [0.15, 0.2) is 18.2 Å². The Hall–Kier alpha value is -1.51. The first-order valence-corrected chi connectivity index (χ1v) is 8.43. The van der Waals surface area contributed by atoms with Gasteiger partial charge in [0.1, 0.15) is 0 Å². The maximum atomic E-state index is 12.9. The second kappa shape index (κ2) is 5.04. The number of piperidine rings is 1.